The van der Waals surface area contributed by atoms with Crippen molar-refractivity contribution in [2.45, 2.75) is 6.92 Å². The Bertz CT molecular complexity index is 271. The Morgan fingerprint density at radius 3 is 2.50 bits per heavy atom. The molecule has 0 saturated carbocycles. The third-order valence-electron chi connectivity index (χ3n) is 1.36. The van der Waals surface area contributed by atoms with Gasteiger partial charge in [-0.1, -0.05) is 0 Å². The van der Waals surface area contributed by atoms with Gasteiger partial charge in [-0.25, -0.2) is 0 Å². The maximum atomic E-state index is 10.5. The van der Waals surface area contributed by atoms with E-state index in [0.717, 1.165) is 8.09 Å². The number of benzene rings is 1. The first-order valence-corrected chi connectivity index (χ1v) is 8.93. The zero-order valence-corrected chi connectivity index (χ0v) is 13.0. The van der Waals surface area contributed by atoms with Crippen LogP contribution >= 0.6 is 11.6 Å². The molecule has 0 aliphatic heterocycles. The molecular formula is C8H7ClHgO2. The zero-order chi connectivity index (χ0) is 8.97. The molecule has 60 valence electrons. The fraction of sp³-hybridized carbons (Fsp3) is 0.125. The molecule has 0 amide bonds. The molecule has 0 heterocycles. The van der Waals surface area contributed by atoms with Crippen molar-refractivity contribution >= 4 is 20.6 Å². The van der Waals surface area contributed by atoms with Gasteiger partial charge in [-0.2, -0.15) is 0 Å². The predicted molar refractivity (Wildman–Crippen MR) is 42.9 cm³/mol. The molecule has 12 heavy (non-hydrogen) atoms. The Labute approximate surface area is 89.0 Å². The van der Waals surface area contributed by atoms with Gasteiger partial charge in [-0.05, 0) is 0 Å². The van der Waals surface area contributed by atoms with E-state index in [9.17, 15) is 4.79 Å². The van der Waals surface area contributed by atoms with Gasteiger partial charge in [0.2, 0.25) is 0 Å². The summed E-state index contributed by atoms with van der Waals surface area (Å²) in [4.78, 5) is 10.5. The summed E-state index contributed by atoms with van der Waals surface area (Å²) < 4.78 is 6.17. The van der Waals surface area contributed by atoms with Crippen molar-refractivity contribution in [2.75, 3.05) is 0 Å². The molecule has 0 saturated heterocycles. The van der Waals surface area contributed by atoms with Crippen LogP contribution in [0.25, 0.3) is 0 Å². The van der Waals surface area contributed by atoms with Crippen LogP contribution in [0.1, 0.15) is 6.92 Å². The van der Waals surface area contributed by atoms with Gasteiger partial charge in [0, 0.05) is 0 Å². The summed E-state index contributed by atoms with van der Waals surface area (Å²) in [5, 5.41) is 0.718. The summed E-state index contributed by atoms with van der Waals surface area (Å²) in [5.41, 5.74) is 0. The molecule has 0 unspecified atom stereocenters. The average molecular weight is 371 g/mol. The van der Waals surface area contributed by atoms with E-state index in [1.54, 1.807) is 0 Å². The minimum absolute atomic E-state index is 0.174. The SMILES string of the molecule is CC(=O)[O][Hg][c]1ccc(Cl)cc1. The monoisotopic (exact) mass is 372 g/mol. The van der Waals surface area contributed by atoms with Crippen molar-refractivity contribution in [3.63, 3.8) is 0 Å². The molecule has 1 aromatic rings. The number of carbonyl (C=O) groups is 1. The molecule has 0 aromatic heterocycles. The summed E-state index contributed by atoms with van der Waals surface area (Å²) in [6.07, 6.45) is 0. The van der Waals surface area contributed by atoms with Crippen molar-refractivity contribution < 1.29 is 32.5 Å². The Morgan fingerprint density at radius 2 is 2.00 bits per heavy atom. The summed E-state index contributed by atoms with van der Waals surface area (Å²) >= 11 is 4.09. The van der Waals surface area contributed by atoms with Crippen LogP contribution in [-0.2, 0) is 32.5 Å². The van der Waals surface area contributed by atoms with E-state index in [-0.39, 0.29) is 5.97 Å². The van der Waals surface area contributed by atoms with E-state index >= 15 is 0 Å². The number of hydrogen-bond donors (Lipinski definition) is 0. The second-order valence-electron chi connectivity index (χ2n) is 2.41. The summed E-state index contributed by atoms with van der Waals surface area (Å²) in [6.45, 7) is 1.44. The topological polar surface area (TPSA) is 26.3 Å². The van der Waals surface area contributed by atoms with Crippen LogP contribution in [0.4, 0.5) is 0 Å². The van der Waals surface area contributed by atoms with E-state index in [1.807, 2.05) is 24.3 Å². The van der Waals surface area contributed by atoms with Crippen LogP contribution in [0.3, 0.4) is 0 Å². The number of carbonyl (C=O) groups excluding carboxylic acids is 1. The standard InChI is InChI=1S/C6H4Cl.C2H4O2.Hg/c7-6-4-2-1-3-5-6;1-2(3)4;/h2-5H;1H3,(H,3,4);/q;;+1/p-1. The second kappa shape index (κ2) is 4.82. The molecule has 0 aliphatic carbocycles. The number of rotatable bonds is 2. The molecule has 0 radical (unpaired) electrons. The average Bonchev–Trinajstić information content (AvgIpc) is 2.03. The van der Waals surface area contributed by atoms with Crippen molar-refractivity contribution in [1.82, 2.24) is 0 Å². The van der Waals surface area contributed by atoms with Crippen molar-refractivity contribution in [3.8, 4) is 0 Å². The van der Waals surface area contributed by atoms with Crippen LogP contribution in [0, 0.1) is 0 Å². The van der Waals surface area contributed by atoms with Gasteiger partial charge in [0.1, 0.15) is 0 Å². The maximum absolute atomic E-state index is 10.5. The minimum atomic E-state index is -1.60. The molecule has 2 nitrogen and oxygen atoms in total. The van der Waals surface area contributed by atoms with E-state index < -0.39 is 25.0 Å². The summed E-state index contributed by atoms with van der Waals surface area (Å²) in [7, 11) is 0. The number of halogens is 1. The summed E-state index contributed by atoms with van der Waals surface area (Å²) in [6, 6.07) is 7.49. The van der Waals surface area contributed by atoms with E-state index in [0.29, 0.717) is 0 Å². The van der Waals surface area contributed by atoms with Crippen LogP contribution in [0.2, 0.25) is 5.02 Å². The van der Waals surface area contributed by atoms with Crippen LogP contribution in [0.15, 0.2) is 24.3 Å². The van der Waals surface area contributed by atoms with E-state index in [2.05, 4.69) is 0 Å². The van der Waals surface area contributed by atoms with Crippen molar-refractivity contribution in [1.29, 1.82) is 0 Å². The first-order chi connectivity index (χ1) is 5.68. The molecule has 0 spiro atoms. The van der Waals surface area contributed by atoms with E-state index in [4.69, 9.17) is 14.2 Å². The van der Waals surface area contributed by atoms with Gasteiger partial charge in [-0.3, -0.25) is 0 Å². The molecule has 0 fully saturated rings. The number of hydrogen-bond acceptors (Lipinski definition) is 2. The van der Waals surface area contributed by atoms with Gasteiger partial charge in [0.05, 0.1) is 0 Å². The van der Waals surface area contributed by atoms with E-state index in [1.165, 1.54) is 6.92 Å². The van der Waals surface area contributed by atoms with Gasteiger partial charge in [0.15, 0.2) is 0 Å². The molecular weight excluding hydrogens is 364 g/mol. The fourth-order valence-electron chi connectivity index (χ4n) is 0.766. The molecule has 1 aromatic carbocycles. The Hall–Kier alpha value is -0.0849. The molecule has 0 aliphatic rings. The Kier molecular flexibility index (Phi) is 4.02. The third kappa shape index (κ3) is 3.54. The second-order valence-corrected chi connectivity index (χ2v) is 8.26. The molecule has 0 bridgehead atoms. The molecule has 0 atom stereocenters. The van der Waals surface area contributed by atoms with Crippen molar-refractivity contribution in [2.24, 2.45) is 0 Å². The first-order valence-electron chi connectivity index (χ1n) is 3.56. The molecule has 1 rings (SSSR count). The van der Waals surface area contributed by atoms with Gasteiger partial charge >= 0.3 is 89.3 Å². The van der Waals surface area contributed by atoms with Crippen LogP contribution < -0.4 is 3.07 Å². The normalized spacial score (nSPS) is 8.83. The summed E-state index contributed by atoms with van der Waals surface area (Å²) in [5.74, 6) is -0.174. The Balaban J connectivity index is 2.53. The van der Waals surface area contributed by atoms with Gasteiger partial charge in [0.25, 0.3) is 0 Å². The van der Waals surface area contributed by atoms with Crippen molar-refractivity contribution in [3.05, 3.63) is 29.3 Å². The molecule has 4 heteroatoms. The quantitative estimate of drug-likeness (QED) is 0.738. The third-order valence-corrected chi connectivity index (χ3v) is 6.88. The Morgan fingerprint density at radius 1 is 1.42 bits per heavy atom. The zero-order valence-electron chi connectivity index (χ0n) is 6.71. The fourth-order valence-corrected chi connectivity index (χ4v) is 3.99. The van der Waals surface area contributed by atoms with Crippen LogP contribution in [0.5, 0.6) is 0 Å². The van der Waals surface area contributed by atoms with Gasteiger partial charge < -0.3 is 0 Å². The first kappa shape index (κ1) is 10.00. The molecule has 0 N–H and O–H groups in total. The van der Waals surface area contributed by atoms with Crippen LogP contribution in [-0.4, -0.2) is 5.97 Å². The predicted octanol–water partition coefficient (Wildman–Crippen LogP) is 1.53. The van der Waals surface area contributed by atoms with Gasteiger partial charge in [-0.15, -0.1) is 0 Å².